The van der Waals surface area contributed by atoms with Crippen LogP contribution < -0.4 is 5.73 Å². The molecule has 3 aromatic rings. The number of fused-ring (bicyclic) bond motifs is 1. The predicted molar refractivity (Wildman–Crippen MR) is 95.4 cm³/mol. The number of nitrogens with two attached hydrogens (primary N) is 1. The van der Waals surface area contributed by atoms with Gasteiger partial charge in [-0.3, -0.25) is 9.67 Å². The van der Waals surface area contributed by atoms with Gasteiger partial charge in [0.1, 0.15) is 0 Å². The van der Waals surface area contributed by atoms with E-state index in [2.05, 4.69) is 11.2 Å². The van der Waals surface area contributed by atoms with Gasteiger partial charge >= 0.3 is 0 Å². The second-order valence-electron chi connectivity index (χ2n) is 7.30. The topological polar surface area (TPSA) is 77.0 Å². The van der Waals surface area contributed by atoms with E-state index in [1.54, 1.807) is 6.20 Å². The van der Waals surface area contributed by atoms with Gasteiger partial charge in [-0.25, -0.2) is 0 Å². The van der Waals surface area contributed by atoms with E-state index in [-0.39, 0.29) is 0 Å². The molecule has 0 spiro atoms. The van der Waals surface area contributed by atoms with Crippen LogP contribution in [0.1, 0.15) is 32.7 Å². The summed E-state index contributed by atoms with van der Waals surface area (Å²) in [5.41, 5.74) is 9.02. The number of hydrogen-bond donors (Lipinski definition) is 2. The zero-order valence-corrected chi connectivity index (χ0v) is 14.0. The number of hydrogen-bond acceptors (Lipinski definition) is 4. The molecular weight excluding hydrogens is 300 g/mol. The van der Waals surface area contributed by atoms with Crippen LogP contribution in [0.15, 0.2) is 42.7 Å². The fourth-order valence-corrected chi connectivity index (χ4v) is 3.42. The van der Waals surface area contributed by atoms with Crippen LogP contribution in [0.5, 0.6) is 0 Å². The largest absolute Gasteiger partial charge is 0.398 e. The number of rotatable bonds is 3. The maximum atomic E-state index is 10.1. The molecule has 2 aromatic heterocycles. The van der Waals surface area contributed by atoms with E-state index in [9.17, 15) is 5.11 Å². The number of aromatic nitrogens is 3. The molecule has 1 aromatic carbocycles. The summed E-state index contributed by atoms with van der Waals surface area (Å²) < 4.78 is 2.02. The Morgan fingerprint density at radius 2 is 2.04 bits per heavy atom. The second-order valence-corrected chi connectivity index (χ2v) is 7.30. The Kier molecular flexibility index (Phi) is 3.35. The minimum Gasteiger partial charge on any atom is -0.398 e. The van der Waals surface area contributed by atoms with Gasteiger partial charge in [-0.15, -0.1) is 0 Å². The third-order valence-corrected chi connectivity index (χ3v) is 5.12. The third-order valence-electron chi connectivity index (χ3n) is 5.12. The number of nitrogens with zero attached hydrogens (tertiary/aromatic N) is 3. The first-order valence-electron chi connectivity index (χ1n) is 8.34. The Hall–Kier alpha value is -2.40. The van der Waals surface area contributed by atoms with E-state index in [4.69, 9.17) is 10.8 Å². The van der Waals surface area contributed by atoms with E-state index in [1.807, 2.05) is 48.9 Å². The lowest BCUT2D eigenvalue weighted by Crippen LogP contribution is -2.41. The summed E-state index contributed by atoms with van der Waals surface area (Å²) >= 11 is 0. The molecule has 4 rings (SSSR count). The van der Waals surface area contributed by atoms with Crippen molar-refractivity contribution in [2.45, 2.75) is 38.3 Å². The lowest BCUT2D eigenvalue weighted by molar-refractivity contribution is -0.0412. The molecule has 3 N–H and O–H groups in total. The molecule has 24 heavy (non-hydrogen) atoms. The molecule has 124 valence electrons. The zero-order chi connectivity index (χ0) is 16.9. The second kappa shape index (κ2) is 5.31. The van der Waals surface area contributed by atoms with Gasteiger partial charge in [0.2, 0.25) is 0 Å². The van der Waals surface area contributed by atoms with E-state index in [0.29, 0.717) is 17.6 Å². The molecule has 0 atom stereocenters. The van der Waals surface area contributed by atoms with Gasteiger partial charge in [0.25, 0.3) is 0 Å². The normalized spacial score (nSPS) is 21.0. The van der Waals surface area contributed by atoms with Crippen molar-refractivity contribution in [1.82, 2.24) is 14.8 Å². The highest BCUT2D eigenvalue weighted by atomic mass is 16.3. The highest BCUT2D eigenvalue weighted by Crippen LogP contribution is 2.44. The fraction of sp³-hybridized carbons (Fsp3) is 0.368. The van der Waals surface area contributed by atoms with Gasteiger partial charge in [-0.2, -0.15) is 5.10 Å². The molecule has 1 saturated carbocycles. The Bertz CT molecular complexity index is 874. The van der Waals surface area contributed by atoms with Gasteiger partial charge in [-0.1, -0.05) is 6.07 Å². The minimum atomic E-state index is -0.611. The Morgan fingerprint density at radius 3 is 2.71 bits per heavy atom. The van der Waals surface area contributed by atoms with Gasteiger partial charge in [0, 0.05) is 29.0 Å². The van der Waals surface area contributed by atoms with E-state index < -0.39 is 5.60 Å². The smallest absolute Gasteiger partial charge is 0.0931 e. The molecule has 1 aliphatic rings. The van der Waals surface area contributed by atoms with E-state index >= 15 is 0 Å². The number of nitrogen functional groups attached to an aromatic ring is 1. The van der Waals surface area contributed by atoms with Crippen LogP contribution in [0.3, 0.4) is 0 Å². The van der Waals surface area contributed by atoms with Crippen molar-refractivity contribution in [2.75, 3.05) is 5.73 Å². The highest BCUT2D eigenvalue weighted by molar-refractivity contribution is 5.90. The van der Waals surface area contributed by atoms with Crippen LogP contribution in [-0.4, -0.2) is 25.5 Å². The van der Waals surface area contributed by atoms with Crippen molar-refractivity contribution < 1.29 is 5.11 Å². The first-order chi connectivity index (χ1) is 11.4. The summed E-state index contributed by atoms with van der Waals surface area (Å²) in [5.74, 6) is 0.337. The lowest BCUT2D eigenvalue weighted by Gasteiger charge is -2.42. The predicted octanol–water partition coefficient (Wildman–Crippen LogP) is 3.40. The molecule has 5 nitrogen and oxygen atoms in total. The van der Waals surface area contributed by atoms with Gasteiger partial charge in [-0.05, 0) is 56.9 Å². The maximum absolute atomic E-state index is 10.1. The SMILES string of the molecule is CC(C)(O)C1CC(n2cc3cc(N)c(-c4ccccn4)cc3n2)C1. The highest BCUT2D eigenvalue weighted by Gasteiger charge is 2.40. The summed E-state index contributed by atoms with van der Waals surface area (Å²) in [5, 5.41) is 15.9. The molecule has 2 heterocycles. The summed E-state index contributed by atoms with van der Waals surface area (Å²) in [7, 11) is 0. The molecule has 1 aliphatic carbocycles. The van der Waals surface area contributed by atoms with E-state index in [1.165, 1.54) is 0 Å². The van der Waals surface area contributed by atoms with Gasteiger partial charge in [0.05, 0.1) is 22.9 Å². The Morgan fingerprint density at radius 1 is 1.25 bits per heavy atom. The summed E-state index contributed by atoms with van der Waals surface area (Å²) in [6, 6.07) is 10.1. The van der Waals surface area contributed by atoms with Gasteiger partial charge in [0.15, 0.2) is 0 Å². The molecule has 0 aliphatic heterocycles. The van der Waals surface area contributed by atoms with Crippen molar-refractivity contribution in [3.8, 4) is 11.3 Å². The molecule has 5 heteroatoms. The summed E-state index contributed by atoms with van der Waals surface area (Å²) in [6.45, 7) is 3.76. The first-order valence-corrected chi connectivity index (χ1v) is 8.34. The average molecular weight is 322 g/mol. The van der Waals surface area contributed by atoms with Crippen LogP contribution in [-0.2, 0) is 0 Å². The van der Waals surface area contributed by atoms with Crippen molar-refractivity contribution in [3.05, 3.63) is 42.7 Å². The fourth-order valence-electron chi connectivity index (χ4n) is 3.42. The number of anilines is 1. The first kappa shape index (κ1) is 15.1. The van der Waals surface area contributed by atoms with Crippen LogP contribution in [0.25, 0.3) is 22.2 Å². The number of benzene rings is 1. The van der Waals surface area contributed by atoms with E-state index in [0.717, 1.165) is 35.0 Å². The molecule has 0 bridgehead atoms. The van der Waals surface area contributed by atoms with Crippen LogP contribution in [0, 0.1) is 5.92 Å². The van der Waals surface area contributed by atoms with Gasteiger partial charge < -0.3 is 10.8 Å². The minimum absolute atomic E-state index is 0.337. The maximum Gasteiger partial charge on any atom is 0.0931 e. The third kappa shape index (κ3) is 2.55. The van der Waals surface area contributed by atoms with Crippen LogP contribution in [0.4, 0.5) is 5.69 Å². The molecular formula is C19H22N4O. The lowest BCUT2D eigenvalue weighted by atomic mass is 9.71. The monoisotopic (exact) mass is 322 g/mol. The molecule has 0 radical (unpaired) electrons. The van der Waals surface area contributed by atoms with Crippen molar-refractivity contribution in [1.29, 1.82) is 0 Å². The van der Waals surface area contributed by atoms with Crippen molar-refractivity contribution in [2.24, 2.45) is 5.92 Å². The molecule has 0 unspecified atom stereocenters. The average Bonchev–Trinajstić information content (AvgIpc) is 2.86. The molecule has 0 amide bonds. The standard InChI is InChI=1S/C19H22N4O/c1-19(2,24)13-8-14(9-13)23-11-12-7-16(20)15(10-18(12)22-23)17-5-3-4-6-21-17/h3-7,10-11,13-14,24H,8-9,20H2,1-2H3. The van der Waals surface area contributed by atoms with Crippen LogP contribution >= 0.6 is 0 Å². The number of aliphatic hydroxyl groups is 1. The Balaban J connectivity index is 1.65. The zero-order valence-electron chi connectivity index (χ0n) is 14.0. The Labute approximate surface area is 141 Å². The van der Waals surface area contributed by atoms with Crippen LogP contribution in [0.2, 0.25) is 0 Å². The summed E-state index contributed by atoms with van der Waals surface area (Å²) in [6.07, 6.45) is 5.74. The number of pyridine rings is 1. The quantitative estimate of drug-likeness (QED) is 0.725. The molecule has 1 fully saturated rings. The summed E-state index contributed by atoms with van der Waals surface area (Å²) in [4.78, 5) is 4.38. The molecule has 0 saturated heterocycles. The van der Waals surface area contributed by atoms with Crippen molar-refractivity contribution >= 4 is 16.6 Å². The van der Waals surface area contributed by atoms with Crippen molar-refractivity contribution in [3.63, 3.8) is 0 Å².